The van der Waals surface area contributed by atoms with Gasteiger partial charge in [0, 0.05) is 44.0 Å². The van der Waals surface area contributed by atoms with Crippen LogP contribution in [0.15, 0.2) is 53.7 Å². The Morgan fingerprint density at radius 3 is 2.20 bits per heavy atom. The summed E-state index contributed by atoms with van der Waals surface area (Å²) in [6.07, 6.45) is 0. The van der Waals surface area contributed by atoms with E-state index in [4.69, 9.17) is 4.74 Å². The molecule has 1 aliphatic heterocycles. The topological polar surface area (TPSA) is 63.5 Å². The number of aromatic nitrogens is 3. The number of carbonyl (C=O) groups excluding carboxylic acids is 1. The number of amides is 1. The van der Waals surface area contributed by atoms with Gasteiger partial charge in [0.25, 0.3) is 0 Å². The van der Waals surface area contributed by atoms with Crippen molar-refractivity contribution in [3.8, 4) is 17.1 Å². The number of anilines is 1. The molecule has 0 atom stereocenters. The maximum absolute atomic E-state index is 12.9. The average Bonchev–Trinajstić information content (AvgIpc) is 3.30. The molecule has 1 saturated heterocycles. The van der Waals surface area contributed by atoms with Gasteiger partial charge < -0.3 is 19.1 Å². The molecular weight excluding hydrogens is 458 g/mol. The molecule has 0 spiro atoms. The standard InChI is InChI=1S/C27H35N5O2S/c1-6-32-25(20-7-9-21(10-8-20)27(2,3)4)28-29-26(32)35-19-24(33)31-17-15-30(16-18-31)22-11-13-23(34-5)14-12-22/h7-14H,6,15-19H2,1-5H3. The SMILES string of the molecule is CCn1c(SCC(=O)N2CCN(c3ccc(OC)cc3)CC2)nnc1-c1ccc(C(C)(C)C)cc1. The molecule has 0 radical (unpaired) electrons. The first-order valence-electron chi connectivity index (χ1n) is 12.1. The predicted octanol–water partition coefficient (Wildman–Crippen LogP) is 4.71. The molecule has 1 fully saturated rings. The van der Waals surface area contributed by atoms with E-state index in [1.807, 2.05) is 17.0 Å². The van der Waals surface area contributed by atoms with Gasteiger partial charge in [-0.05, 0) is 42.2 Å². The summed E-state index contributed by atoms with van der Waals surface area (Å²) in [5.74, 6) is 2.20. The van der Waals surface area contributed by atoms with E-state index in [0.29, 0.717) is 5.75 Å². The summed E-state index contributed by atoms with van der Waals surface area (Å²) in [5, 5.41) is 9.64. The van der Waals surface area contributed by atoms with Gasteiger partial charge in [0.1, 0.15) is 5.75 Å². The lowest BCUT2D eigenvalue weighted by atomic mass is 9.87. The van der Waals surface area contributed by atoms with Crippen molar-refractivity contribution in [3.05, 3.63) is 54.1 Å². The van der Waals surface area contributed by atoms with E-state index in [1.165, 1.54) is 17.3 Å². The van der Waals surface area contributed by atoms with Crippen LogP contribution in [0, 0.1) is 0 Å². The van der Waals surface area contributed by atoms with Crippen LogP contribution < -0.4 is 9.64 Å². The van der Waals surface area contributed by atoms with E-state index >= 15 is 0 Å². The smallest absolute Gasteiger partial charge is 0.233 e. The number of benzene rings is 2. The highest BCUT2D eigenvalue weighted by Gasteiger charge is 2.23. The average molecular weight is 494 g/mol. The van der Waals surface area contributed by atoms with Gasteiger partial charge in [0.2, 0.25) is 5.91 Å². The Balaban J connectivity index is 1.34. The minimum absolute atomic E-state index is 0.110. The summed E-state index contributed by atoms with van der Waals surface area (Å²) in [7, 11) is 1.67. The number of hydrogen-bond acceptors (Lipinski definition) is 6. The number of piperazine rings is 1. The number of hydrogen-bond donors (Lipinski definition) is 0. The highest BCUT2D eigenvalue weighted by molar-refractivity contribution is 7.99. The zero-order valence-corrected chi connectivity index (χ0v) is 22.1. The Hall–Kier alpha value is -3.00. The second-order valence-corrected chi connectivity index (χ2v) is 10.7. The van der Waals surface area contributed by atoms with Crippen LogP contribution in [0.1, 0.15) is 33.3 Å². The van der Waals surface area contributed by atoms with Crippen LogP contribution in [0.5, 0.6) is 5.75 Å². The van der Waals surface area contributed by atoms with E-state index in [9.17, 15) is 4.79 Å². The number of carbonyl (C=O) groups is 1. The normalized spacial score (nSPS) is 14.3. The number of rotatable bonds is 7. The Labute approximate surface area is 212 Å². The van der Waals surface area contributed by atoms with Gasteiger partial charge in [-0.1, -0.05) is 56.8 Å². The van der Waals surface area contributed by atoms with Crippen LogP contribution in [0.2, 0.25) is 0 Å². The third kappa shape index (κ3) is 5.81. The summed E-state index contributed by atoms with van der Waals surface area (Å²) in [5.41, 5.74) is 3.60. The van der Waals surface area contributed by atoms with Crippen molar-refractivity contribution < 1.29 is 9.53 Å². The van der Waals surface area contributed by atoms with Crippen LogP contribution in [-0.2, 0) is 16.8 Å². The third-order valence-corrected chi connectivity index (χ3v) is 7.39. The Bertz CT molecular complexity index is 1130. The molecule has 8 heteroatoms. The molecule has 1 aliphatic rings. The number of ether oxygens (including phenoxy) is 1. The molecule has 0 aliphatic carbocycles. The minimum Gasteiger partial charge on any atom is -0.497 e. The third-order valence-electron chi connectivity index (χ3n) is 6.44. The van der Waals surface area contributed by atoms with Gasteiger partial charge in [-0.25, -0.2) is 0 Å². The monoisotopic (exact) mass is 493 g/mol. The van der Waals surface area contributed by atoms with Gasteiger partial charge in [0.15, 0.2) is 11.0 Å². The fourth-order valence-electron chi connectivity index (χ4n) is 4.24. The summed E-state index contributed by atoms with van der Waals surface area (Å²) < 4.78 is 7.33. The van der Waals surface area contributed by atoms with Gasteiger partial charge in [0.05, 0.1) is 12.9 Å². The summed E-state index contributed by atoms with van der Waals surface area (Å²) in [6, 6.07) is 16.6. The lowest BCUT2D eigenvalue weighted by Gasteiger charge is -2.36. The highest BCUT2D eigenvalue weighted by Crippen LogP contribution is 2.28. The lowest BCUT2D eigenvalue weighted by Crippen LogP contribution is -2.49. The maximum Gasteiger partial charge on any atom is 0.233 e. The van der Waals surface area contributed by atoms with E-state index in [2.05, 4.69) is 83.8 Å². The summed E-state index contributed by atoms with van der Waals surface area (Å²) in [6.45, 7) is 12.5. The molecule has 4 rings (SSSR count). The molecule has 2 aromatic carbocycles. The highest BCUT2D eigenvalue weighted by atomic mass is 32.2. The summed E-state index contributed by atoms with van der Waals surface area (Å²) in [4.78, 5) is 17.2. The second kappa shape index (κ2) is 10.7. The van der Waals surface area contributed by atoms with E-state index < -0.39 is 0 Å². The first-order valence-corrected chi connectivity index (χ1v) is 13.1. The van der Waals surface area contributed by atoms with E-state index in [1.54, 1.807) is 7.11 Å². The Kier molecular flexibility index (Phi) is 7.69. The maximum atomic E-state index is 12.9. The van der Waals surface area contributed by atoms with Crippen molar-refractivity contribution in [2.75, 3.05) is 43.9 Å². The molecule has 3 aromatic rings. The van der Waals surface area contributed by atoms with Crippen molar-refractivity contribution in [3.63, 3.8) is 0 Å². The number of thioether (sulfide) groups is 1. The first-order chi connectivity index (χ1) is 16.8. The van der Waals surface area contributed by atoms with Crippen molar-refractivity contribution in [1.82, 2.24) is 19.7 Å². The molecule has 0 saturated carbocycles. The van der Waals surface area contributed by atoms with Crippen molar-refractivity contribution >= 4 is 23.4 Å². The molecule has 7 nitrogen and oxygen atoms in total. The molecule has 35 heavy (non-hydrogen) atoms. The zero-order valence-electron chi connectivity index (χ0n) is 21.3. The Morgan fingerprint density at radius 1 is 0.971 bits per heavy atom. The molecule has 1 aromatic heterocycles. The molecule has 2 heterocycles. The fourth-order valence-corrected chi connectivity index (χ4v) is 5.14. The van der Waals surface area contributed by atoms with Crippen LogP contribution in [0.25, 0.3) is 11.4 Å². The van der Waals surface area contributed by atoms with E-state index in [0.717, 1.165) is 60.7 Å². The largest absolute Gasteiger partial charge is 0.497 e. The van der Waals surface area contributed by atoms with Crippen molar-refractivity contribution in [1.29, 1.82) is 0 Å². The van der Waals surface area contributed by atoms with Gasteiger partial charge in [-0.15, -0.1) is 10.2 Å². The molecule has 0 unspecified atom stereocenters. The van der Waals surface area contributed by atoms with Crippen LogP contribution >= 0.6 is 11.8 Å². The zero-order chi connectivity index (χ0) is 25.0. The molecule has 186 valence electrons. The van der Waals surface area contributed by atoms with Gasteiger partial charge in [-0.2, -0.15) is 0 Å². The number of nitrogens with zero attached hydrogens (tertiary/aromatic N) is 5. The molecule has 1 amide bonds. The predicted molar refractivity (Wildman–Crippen MR) is 142 cm³/mol. The summed E-state index contributed by atoms with van der Waals surface area (Å²) >= 11 is 1.47. The minimum atomic E-state index is 0.110. The van der Waals surface area contributed by atoms with Crippen molar-refractivity contribution in [2.24, 2.45) is 0 Å². The van der Waals surface area contributed by atoms with Gasteiger partial charge in [-0.3, -0.25) is 4.79 Å². The van der Waals surface area contributed by atoms with Crippen LogP contribution in [0.4, 0.5) is 5.69 Å². The fraction of sp³-hybridized carbons (Fsp3) is 0.444. The first kappa shape index (κ1) is 25.1. The van der Waals surface area contributed by atoms with Crippen LogP contribution in [-0.4, -0.2) is 64.6 Å². The van der Waals surface area contributed by atoms with Gasteiger partial charge >= 0.3 is 0 Å². The number of methoxy groups -OCH3 is 1. The molecular formula is C27H35N5O2S. The molecule has 0 N–H and O–H groups in total. The lowest BCUT2D eigenvalue weighted by molar-refractivity contribution is -0.128. The van der Waals surface area contributed by atoms with Crippen LogP contribution in [0.3, 0.4) is 0 Å². The molecule has 0 bridgehead atoms. The van der Waals surface area contributed by atoms with E-state index in [-0.39, 0.29) is 11.3 Å². The second-order valence-electron chi connectivity index (χ2n) is 9.73. The Morgan fingerprint density at radius 2 is 1.63 bits per heavy atom. The quantitative estimate of drug-likeness (QED) is 0.444. The van der Waals surface area contributed by atoms with Crippen molar-refractivity contribution in [2.45, 2.75) is 44.8 Å².